The van der Waals surface area contributed by atoms with Crippen LogP contribution in [0, 0.1) is 5.82 Å². The Bertz CT molecular complexity index is 734. The zero-order valence-corrected chi connectivity index (χ0v) is 11.7. The van der Waals surface area contributed by atoms with Gasteiger partial charge in [0.15, 0.2) is 0 Å². The second-order valence-electron chi connectivity index (χ2n) is 4.01. The second-order valence-corrected chi connectivity index (χ2v) is 6.07. The second kappa shape index (κ2) is 5.78. The summed E-state index contributed by atoms with van der Waals surface area (Å²) in [5.41, 5.74) is 0.457. The number of para-hydroxylation sites is 1. The highest BCUT2D eigenvalue weighted by Gasteiger charge is 2.20. The molecule has 106 valence electrons. The molecule has 0 aliphatic heterocycles. The summed E-state index contributed by atoms with van der Waals surface area (Å²) in [6.45, 7) is -0.366. The summed E-state index contributed by atoms with van der Waals surface area (Å²) >= 11 is 5.85. The van der Waals surface area contributed by atoms with E-state index in [1.165, 1.54) is 18.2 Å². The SMILES string of the molecule is O=S(=O)(Nc1ccccc1Cl)c1ccc(CO)cc1F. The summed E-state index contributed by atoms with van der Waals surface area (Å²) in [4.78, 5) is -0.505. The Morgan fingerprint density at radius 2 is 1.90 bits per heavy atom. The minimum absolute atomic E-state index is 0.166. The standard InChI is InChI=1S/C13H11ClFNO3S/c14-10-3-1-2-4-12(10)16-20(18,19)13-6-5-9(8-17)7-11(13)15/h1-7,16-17H,8H2. The predicted octanol–water partition coefficient (Wildman–Crippen LogP) is 2.77. The zero-order valence-electron chi connectivity index (χ0n) is 10.2. The van der Waals surface area contributed by atoms with Gasteiger partial charge in [0.25, 0.3) is 10.0 Å². The molecule has 0 radical (unpaired) electrons. The Balaban J connectivity index is 2.39. The van der Waals surface area contributed by atoms with Crippen molar-refractivity contribution in [2.24, 2.45) is 0 Å². The Morgan fingerprint density at radius 1 is 1.20 bits per heavy atom. The summed E-state index contributed by atoms with van der Waals surface area (Å²) in [6, 6.07) is 9.65. The molecule has 2 N–H and O–H groups in total. The largest absolute Gasteiger partial charge is 0.392 e. The van der Waals surface area contributed by atoms with Gasteiger partial charge in [-0.1, -0.05) is 29.8 Å². The molecule has 0 atom stereocenters. The van der Waals surface area contributed by atoms with Gasteiger partial charge in [0, 0.05) is 0 Å². The molecular weight excluding hydrogens is 305 g/mol. The average molecular weight is 316 g/mol. The number of halogens is 2. The fraction of sp³-hybridized carbons (Fsp3) is 0.0769. The molecule has 20 heavy (non-hydrogen) atoms. The van der Waals surface area contributed by atoms with Gasteiger partial charge >= 0.3 is 0 Å². The summed E-state index contributed by atoms with van der Waals surface area (Å²) < 4.78 is 40.2. The number of hydrogen-bond donors (Lipinski definition) is 2. The lowest BCUT2D eigenvalue weighted by molar-refractivity contribution is 0.281. The molecule has 0 amide bonds. The minimum atomic E-state index is -4.08. The number of nitrogens with one attached hydrogen (secondary N) is 1. The maximum atomic E-state index is 13.8. The Kier molecular flexibility index (Phi) is 4.27. The molecule has 0 unspecified atom stereocenters. The number of aliphatic hydroxyl groups is 1. The third-order valence-electron chi connectivity index (χ3n) is 2.59. The minimum Gasteiger partial charge on any atom is -0.392 e. The molecule has 2 rings (SSSR count). The van der Waals surface area contributed by atoms with Gasteiger partial charge in [-0.05, 0) is 29.8 Å². The van der Waals surface area contributed by atoms with Crippen molar-refractivity contribution < 1.29 is 17.9 Å². The smallest absolute Gasteiger partial charge is 0.264 e. The number of anilines is 1. The number of benzene rings is 2. The molecule has 2 aromatic rings. The van der Waals surface area contributed by atoms with Crippen molar-refractivity contribution in [2.45, 2.75) is 11.5 Å². The molecule has 4 nitrogen and oxygen atoms in total. The van der Waals surface area contributed by atoms with Crippen LogP contribution < -0.4 is 4.72 Å². The van der Waals surface area contributed by atoms with Crippen LogP contribution in [0.15, 0.2) is 47.4 Å². The van der Waals surface area contributed by atoms with E-state index in [2.05, 4.69) is 4.72 Å². The van der Waals surface area contributed by atoms with Crippen LogP contribution in [0.1, 0.15) is 5.56 Å². The van der Waals surface area contributed by atoms with Gasteiger partial charge in [-0.3, -0.25) is 4.72 Å². The van der Waals surface area contributed by atoms with Gasteiger partial charge in [-0.15, -0.1) is 0 Å². The van der Waals surface area contributed by atoms with Crippen molar-refractivity contribution in [3.05, 3.63) is 58.9 Å². The van der Waals surface area contributed by atoms with Crippen LogP contribution in [0.4, 0.5) is 10.1 Å². The normalized spacial score (nSPS) is 11.3. The summed E-state index contributed by atoms with van der Waals surface area (Å²) in [5, 5.41) is 9.09. The van der Waals surface area contributed by atoms with Crippen LogP contribution in [0.5, 0.6) is 0 Å². The first-order valence-electron chi connectivity index (χ1n) is 5.60. The molecule has 0 saturated carbocycles. The Morgan fingerprint density at radius 3 is 2.50 bits per heavy atom. The maximum Gasteiger partial charge on any atom is 0.264 e. The third kappa shape index (κ3) is 3.09. The zero-order chi connectivity index (χ0) is 14.8. The molecule has 0 aliphatic carbocycles. The van der Waals surface area contributed by atoms with Gasteiger partial charge in [-0.25, -0.2) is 12.8 Å². The summed E-state index contributed by atoms with van der Waals surface area (Å²) in [6.07, 6.45) is 0. The molecule has 7 heteroatoms. The fourth-order valence-electron chi connectivity index (χ4n) is 1.60. The van der Waals surface area contributed by atoms with Crippen LogP contribution in [0.2, 0.25) is 5.02 Å². The van der Waals surface area contributed by atoms with Gasteiger partial charge in [-0.2, -0.15) is 0 Å². The van der Waals surface area contributed by atoms with Gasteiger partial charge < -0.3 is 5.11 Å². The van der Waals surface area contributed by atoms with Gasteiger partial charge in [0.2, 0.25) is 0 Å². The van der Waals surface area contributed by atoms with E-state index < -0.39 is 20.7 Å². The van der Waals surface area contributed by atoms with E-state index in [9.17, 15) is 12.8 Å². The quantitative estimate of drug-likeness (QED) is 0.911. The molecule has 0 bridgehead atoms. The lowest BCUT2D eigenvalue weighted by atomic mass is 10.2. The highest BCUT2D eigenvalue weighted by atomic mass is 35.5. The molecule has 0 spiro atoms. The lowest BCUT2D eigenvalue weighted by Gasteiger charge is -2.10. The number of rotatable bonds is 4. The van der Waals surface area contributed by atoms with Crippen molar-refractivity contribution in [1.29, 1.82) is 0 Å². The van der Waals surface area contributed by atoms with E-state index in [0.717, 1.165) is 12.1 Å². The molecule has 0 aliphatic rings. The highest BCUT2D eigenvalue weighted by Crippen LogP contribution is 2.25. The lowest BCUT2D eigenvalue weighted by Crippen LogP contribution is -2.15. The van der Waals surface area contributed by atoms with E-state index >= 15 is 0 Å². The van der Waals surface area contributed by atoms with Gasteiger partial charge in [0.1, 0.15) is 10.7 Å². The van der Waals surface area contributed by atoms with E-state index in [-0.39, 0.29) is 17.3 Å². The van der Waals surface area contributed by atoms with E-state index in [4.69, 9.17) is 16.7 Å². The van der Waals surface area contributed by atoms with E-state index in [1.807, 2.05) is 0 Å². The van der Waals surface area contributed by atoms with Crippen molar-refractivity contribution in [3.8, 4) is 0 Å². The highest BCUT2D eigenvalue weighted by molar-refractivity contribution is 7.92. The van der Waals surface area contributed by atoms with E-state index in [1.54, 1.807) is 12.1 Å². The summed E-state index contributed by atoms with van der Waals surface area (Å²) in [7, 11) is -4.08. The van der Waals surface area contributed by atoms with E-state index in [0.29, 0.717) is 5.56 Å². The third-order valence-corrected chi connectivity index (χ3v) is 4.31. The number of aliphatic hydroxyl groups excluding tert-OH is 1. The first kappa shape index (κ1) is 14.8. The fourth-order valence-corrected chi connectivity index (χ4v) is 2.98. The average Bonchev–Trinajstić information content (AvgIpc) is 2.40. The topological polar surface area (TPSA) is 66.4 Å². The molecule has 0 fully saturated rings. The van der Waals surface area contributed by atoms with Crippen LogP contribution in [-0.4, -0.2) is 13.5 Å². The molecule has 0 aromatic heterocycles. The number of hydrogen-bond acceptors (Lipinski definition) is 3. The molecule has 0 heterocycles. The van der Waals surface area contributed by atoms with Crippen LogP contribution in [0.25, 0.3) is 0 Å². The Labute approximate surface area is 120 Å². The van der Waals surface area contributed by atoms with Crippen molar-refractivity contribution in [2.75, 3.05) is 4.72 Å². The molecule has 2 aromatic carbocycles. The number of sulfonamides is 1. The van der Waals surface area contributed by atoms with Crippen LogP contribution in [0.3, 0.4) is 0 Å². The Hall–Kier alpha value is -1.63. The van der Waals surface area contributed by atoms with Crippen molar-refractivity contribution in [1.82, 2.24) is 0 Å². The first-order valence-corrected chi connectivity index (χ1v) is 7.47. The van der Waals surface area contributed by atoms with Crippen molar-refractivity contribution in [3.63, 3.8) is 0 Å². The van der Waals surface area contributed by atoms with Gasteiger partial charge in [0.05, 0.1) is 17.3 Å². The van der Waals surface area contributed by atoms with Crippen LogP contribution >= 0.6 is 11.6 Å². The maximum absolute atomic E-state index is 13.8. The first-order chi connectivity index (χ1) is 9.44. The molecule has 0 saturated heterocycles. The van der Waals surface area contributed by atoms with Crippen molar-refractivity contribution >= 4 is 27.3 Å². The summed E-state index contributed by atoms with van der Waals surface area (Å²) in [5.74, 6) is -0.934. The predicted molar refractivity (Wildman–Crippen MR) is 74.6 cm³/mol. The van der Waals surface area contributed by atoms with Crippen LogP contribution in [-0.2, 0) is 16.6 Å². The molecular formula is C13H11ClFNO3S. The monoisotopic (exact) mass is 315 g/mol.